The summed E-state index contributed by atoms with van der Waals surface area (Å²) in [4.78, 5) is 24.9. The number of carbonyl (C=O) groups is 2. The van der Waals surface area contributed by atoms with Gasteiger partial charge in [0.05, 0.1) is 6.61 Å². The molecule has 0 aliphatic heterocycles. The molecule has 1 aromatic rings. The van der Waals surface area contributed by atoms with Crippen LogP contribution in [-0.4, -0.2) is 43.1 Å². The molecule has 0 aliphatic carbocycles. The molecule has 0 aliphatic rings. The van der Waals surface area contributed by atoms with Gasteiger partial charge in [0.15, 0.2) is 6.61 Å². The van der Waals surface area contributed by atoms with Crippen LogP contribution in [0.3, 0.4) is 0 Å². The van der Waals surface area contributed by atoms with Crippen molar-refractivity contribution in [1.29, 1.82) is 0 Å². The van der Waals surface area contributed by atoms with Gasteiger partial charge < -0.3 is 14.4 Å². The second-order valence-electron chi connectivity index (χ2n) is 4.64. The number of nitrogens with zero attached hydrogens (tertiary/aromatic N) is 1. The van der Waals surface area contributed by atoms with E-state index in [4.69, 9.17) is 9.47 Å². The van der Waals surface area contributed by atoms with Crippen LogP contribution < -0.4 is 4.74 Å². The third kappa shape index (κ3) is 6.93. The van der Waals surface area contributed by atoms with E-state index in [0.717, 1.165) is 10.2 Å². The molecule has 122 valence electrons. The van der Waals surface area contributed by atoms with E-state index in [-0.39, 0.29) is 24.9 Å². The van der Waals surface area contributed by atoms with E-state index < -0.39 is 0 Å². The maximum absolute atomic E-state index is 11.7. The summed E-state index contributed by atoms with van der Waals surface area (Å²) in [5.41, 5.74) is 0. The van der Waals surface area contributed by atoms with Crippen LogP contribution in [0.2, 0.25) is 0 Å². The molecule has 0 N–H and O–H groups in total. The van der Waals surface area contributed by atoms with Crippen molar-refractivity contribution >= 4 is 27.8 Å². The minimum absolute atomic E-state index is 0.163. The van der Waals surface area contributed by atoms with Gasteiger partial charge in [0.2, 0.25) is 0 Å². The maximum Gasteiger partial charge on any atom is 0.306 e. The Bertz CT molecular complexity index is 489. The van der Waals surface area contributed by atoms with Crippen molar-refractivity contribution in [2.45, 2.75) is 26.7 Å². The third-order valence-electron chi connectivity index (χ3n) is 3.06. The van der Waals surface area contributed by atoms with Gasteiger partial charge >= 0.3 is 5.97 Å². The van der Waals surface area contributed by atoms with Gasteiger partial charge in [-0.15, -0.1) is 0 Å². The molecule has 1 amide bonds. The Hall–Kier alpha value is -1.56. The lowest BCUT2D eigenvalue weighted by Gasteiger charge is -2.18. The van der Waals surface area contributed by atoms with E-state index in [1.807, 2.05) is 38.1 Å². The van der Waals surface area contributed by atoms with Crippen molar-refractivity contribution in [2.75, 3.05) is 26.3 Å². The fourth-order valence-electron chi connectivity index (χ4n) is 1.85. The molecule has 6 heteroatoms. The molecule has 0 bridgehead atoms. The molecule has 0 saturated carbocycles. The summed E-state index contributed by atoms with van der Waals surface area (Å²) >= 11 is 3.36. The molecule has 22 heavy (non-hydrogen) atoms. The van der Waals surface area contributed by atoms with Crippen molar-refractivity contribution in [3.05, 3.63) is 28.7 Å². The van der Waals surface area contributed by atoms with Crippen molar-refractivity contribution < 1.29 is 19.1 Å². The predicted molar refractivity (Wildman–Crippen MR) is 87.8 cm³/mol. The highest BCUT2D eigenvalue weighted by molar-refractivity contribution is 9.10. The minimum Gasteiger partial charge on any atom is -0.494 e. The SMILES string of the molecule is CCN(CC)C(=O)COC(=O)CCCOc1cccc(Br)c1. The number of halogens is 1. The number of ether oxygens (including phenoxy) is 2. The summed E-state index contributed by atoms with van der Waals surface area (Å²) in [7, 11) is 0. The van der Waals surface area contributed by atoms with Crippen LogP contribution in [0.4, 0.5) is 0 Å². The first-order valence-electron chi connectivity index (χ1n) is 7.38. The molecule has 5 nitrogen and oxygen atoms in total. The average molecular weight is 372 g/mol. The van der Waals surface area contributed by atoms with E-state index in [1.54, 1.807) is 4.90 Å². The zero-order chi connectivity index (χ0) is 16.4. The first-order valence-corrected chi connectivity index (χ1v) is 8.17. The van der Waals surface area contributed by atoms with Crippen LogP contribution in [-0.2, 0) is 14.3 Å². The quantitative estimate of drug-likeness (QED) is 0.494. The first kappa shape index (κ1) is 18.5. The van der Waals surface area contributed by atoms with Crippen LogP contribution in [0.25, 0.3) is 0 Å². The Labute approximate surface area is 139 Å². The number of amides is 1. The van der Waals surface area contributed by atoms with Crippen LogP contribution in [0.1, 0.15) is 26.7 Å². The van der Waals surface area contributed by atoms with Gasteiger partial charge in [0.1, 0.15) is 5.75 Å². The summed E-state index contributed by atoms with van der Waals surface area (Å²) < 4.78 is 11.4. The van der Waals surface area contributed by atoms with Gasteiger partial charge in [0.25, 0.3) is 5.91 Å². The third-order valence-corrected chi connectivity index (χ3v) is 3.56. The van der Waals surface area contributed by atoms with Gasteiger partial charge in [-0.25, -0.2) is 0 Å². The van der Waals surface area contributed by atoms with Crippen molar-refractivity contribution in [3.8, 4) is 5.75 Å². The maximum atomic E-state index is 11.7. The number of likely N-dealkylation sites (N-methyl/N-ethyl adjacent to an activating group) is 1. The molecule has 0 heterocycles. The van der Waals surface area contributed by atoms with Crippen molar-refractivity contribution in [1.82, 2.24) is 4.90 Å². The second-order valence-corrected chi connectivity index (χ2v) is 5.55. The second kappa shape index (κ2) is 10.2. The molecule has 1 aromatic carbocycles. The van der Waals surface area contributed by atoms with E-state index in [0.29, 0.717) is 26.1 Å². The predicted octanol–water partition coefficient (Wildman–Crippen LogP) is 3.02. The fourth-order valence-corrected chi connectivity index (χ4v) is 2.22. The van der Waals surface area contributed by atoms with Crippen molar-refractivity contribution in [2.24, 2.45) is 0 Å². The topological polar surface area (TPSA) is 55.8 Å². The highest BCUT2D eigenvalue weighted by Gasteiger charge is 2.12. The van der Waals surface area contributed by atoms with Gasteiger partial charge in [-0.1, -0.05) is 22.0 Å². The molecule has 0 unspecified atom stereocenters. The number of esters is 1. The molecular weight excluding hydrogens is 350 g/mol. The van der Waals surface area contributed by atoms with Crippen LogP contribution in [0.15, 0.2) is 28.7 Å². The molecule has 0 spiro atoms. The van der Waals surface area contributed by atoms with Crippen molar-refractivity contribution in [3.63, 3.8) is 0 Å². The van der Waals surface area contributed by atoms with E-state index >= 15 is 0 Å². The highest BCUT2D eigenvalue weighted by atomic mass is 79.9. The lowest BCUT2D eigenvalue weighted by atomic mass is 10.3. The van der Waals surface area contributed by atoms with Crippen LogP contribution in [0.5, 0.6) is 5.75 Å². The Morgan fingerprint density at radius 2 is 1.95 bits per heavy atom. The number of hydrogen-bond donors (Lipinski definition) is 0. The van der Waals surface area contributed by atoms with Gasteiger partial charge in [-0.2, -0.15) is 0 Å². The average Bonchev–Trinajstić information content (AvgIpc) is 2.51. The van der Waals surface area contributed by atoms with Crippen LogP contribution >= 0.6 is 15.9 Å². The van der Waals surface area contributed by atoms with Gasteiger partial charge in [-0.3, -0.25) is 9.59 Å². The first-order chi connectivity index (χ1) is 10.6. The zero-order valence-electron chi connectivity index (χ0n) is 13.0. The summed E-state index contributed by atoms with van der Waals surface area (Å²) in [5, 5.41) is 0. The summed E-state index contributed by atoms with van der Waals surface area (Å²) in [6.07, 6.45) is 0.782. The largest absolute Gasteiger partial charge is 0.494 e. The molecule has 0 saturated heterocycles. The standard InChI is InChI=1S/C16H22BrNO4/c1-3-18(4-2)15(19)12-22-16(20)9-6-10-21-14-8-5-7-13(17)11-14/h5,7-8,11H,3-4,6,9-10,12H2,1-2H3. The van der Waals surface area contributed by atoms with E-state index in [1.165, 1.54) is 0 Å². The molecule has 0 fully saturated rings. The van der Waals surface area contributed by atoms with E-state index in [9.17, 15) is 9.59 Å². The Balaban J connectivity index is 2.17. The van der Waals surface area contributed by atoms with Gasteiger partial charge in [-0.05, 0) is 38.5 Å². The lowest BCUT2D eigenvalue weighted by molar-refractivity contribution is -0.152. The van der Waals surface area contributed by atoms with E-state index in [2.05, 4.69) is 15.9 Å². The summed E-state index contributed by atoms with van der Waals surface area (Å²) in [6.45, 7) is 5.26. The molecule has 0 aromatic heterocycles. The molecule has 0 atom stereocenters. The highest BCUT2D eigenvalue weighted by Crippen LogP contribution is 2.17. The lowest BCUT2D eigenvalue weighted by Crippen LogP contribution is -2.34. The Morgan fingerprint density at radius 1 is 1.23 bits per heavy atom. The summed E-state index contributed by atoms with van der Waals surface area (Å²) in [6, 6.07) is 7.51. The smallest absolute Gasteiger partial charge is 0.306 e. The summed E-state index contributed by atoms with van der Waals surface area (Å²) in [5.74, 6) is 0.210. The molecule has 0 radical (unpaired) electrons. The zero-order valence-corrected chi connectivity index (χ0v) is 14.6. The number of carbonyl (C=O) groups excluding carboxylic acids is 2. The van der Waals surface area contributed by atoms with Gasteiger partial charge in [0, 0.05) is 24.0 Å². The number of rotatable bonds is 9. The fraction of sp³-hybridized carbons (Fsp3) is 0.500. The Morgan fingerprint density at radius 3 is 2.59 bits per heavy atom. The van der Waals surface area contributed by atoms with Crippen LogP contribution in [0, 0.1) is 0 Å². The number of benzene rings is 1. The monoisotopic (exact) mass is 371 g/mol. The molecule has 1 rings (SSSR count). The number of hydrogen-bond acceptors (Lipinski definition) is 4. The normalized spacial score (nSPS) is 10.1. The molecular formula is C16H22BrNO4. The Kier molecular flexibility index (Phi) is 8.58. The minimum atomic E-state index is -0.377.